The normalized spacial score (nSPS) is 16.0. The molecule has 1 aliphatic heterocycles. The summed E-state index contributed by atoms with van der Waals surface area (Å²) in [4.78, 5) is 11.1. The van der Waals surface area contributed by atoms with Crippen molar-refractivity contribution in [3.8, 4) is 0 Å². The molecule has 0 spiro atoms. The molecular formula is C20H18N4OS. The largest absolute Gasteiger partial charge is 0.343 e. The van der Waals surface area contributed by atoms with Gasteiger partial charge in [0.25, 0.3) is 0 Å². The molecular weight excluding hydrogens is 344 g/mol. The summed E-state index contributed by atoms with van der Waals surface area (Å²) in [6, 6.07) is 16.9. The van der Waals surface area contributed by atoms with Gasteiger partial charge in [-0.25, -0.2) is 0 Å². The second-order valence-electron chi connectivity index (χ2n) is 6.23. The fraction of sp³-hybridized carbons (Fsp3) is 0.150. The van der Waals surface area contributed by atoms with Crippen molar-refractivity contribution in [2.75, 3.05) is 5.75 Å². The van der Waals surface area contributed by atoms with Crippen LogP contribution in [0.15, 0.2) is 64.9 Å². The van der Waals surface area contributed by atoms with Crippen molar-refractivity contribution in [3.05, 3.63) is 71.4 Å². The quantitative estimate of drug-likeness (QED) is 0.570. The summed E-state index contributed by atoms with van der Waals surface area (Å²) in [6.07, 6.45) is 3.81. The molecule has 3 aromatic rings. The van der Waals surface area contributed by atoms with Crippen molar-refractivity contribution >= 4 is 40.0 Å². The molecule has 1 saturated heterocycles. The van der Waals surface area contributed by atoms with Gasteiger partial charge in [0.05, 0.1) is 12.0 Å². The van der Waals surface area contributed by atoms with Crippen LogP contribution in [0, 0.1) is 6.92 Å². The number of amidine groups is 1. The first-order chi connectivity index (χ1) is 12.7. The Labute approximate surface area is 155 Å². The molecule has 1 amide bonds. The van der Waals surface area contributed by atoms with Gasteiger partial charge in [-0.15, -0.1) is 5.10 Å². The summed E-state index contributed by atoms with van der Waals surface area (Å²) >= 11 is 1.37. The fourth-order valence-corrected chi connectivity index (χ4v) is 3.49. The zero-order valence-corrected chi connectivity index (χ0v) is 15.2. The minimum absolute atomic E-state index is 0.0275. The van der Waals surface area contributed by atoms with Crippen LogP contribution in [0.2, 0.25) is 0 Å². The molecule has 1 aliphatic rings. The van der Waals surface area contributed by atoms with Crippen LogP contribution in [0.25, 0.3) is 10.9 Å². The number of carbonyl (C=O) groups excluding carboxylic acids is 1. The van der Waals surface area contributed by atoms with E-state index < -0.39 is 0 Å². The summed E-state index contributed by atoms with van der Waals surface area (Å²) in [5, 5.41) is 12.5. The van der Waals surface area contributed by atoms with Gasteiger partial charge in [-0.1, -0.05) is 47.7 Å². The highest BCUT2D eigenvalue weighted by Gasteiger charge is 2.15. The topological polar surface area (TPSA) is 58.8 Å². The van der Waals surface area contributed by atoms with Gasteiger partial charge in [0.1, 0.15) is 0 Å². The van der Waals surface area contributed by atoms with Crippen molar-refractivity contribution in [1.82, 2.24) is 9.88 Å². The van der Waals surface area contributed by atoms with Crippen LogP contribution in [0.1, 0.15) is 16.7 Å². The Morgan fingerprint density at radius 2 is 2.04 bits per heavy atom. The first-order valence-electron chi connectivity index (χ1n) is 8.35. The van der Waals surface area contributed by atoms with E-state index >= 15 is 0 Å². The molecule has 6 heteroatoms. The maximum atomic E-state index is 11.1. The Hall–Kier alpha value is -2.86. The maximum Gasteiger partial charge on any atom is 0.236 e. The number of hydrogen-bond acceptors (Lipinski definition) is 4. The Kier molecular flexibility index (Phi) is 4.58. The zero-order valence-electron chi connectivity index (χ0n) is 14.3. The second-order valence-corrected chi connectivity index (χ2v) is 7.20. The Bertz CT molecular complexity index is 1020. The number of rotatable bonds is 4. The molecule has 130 valence electrons. The van der Waals surface area contributed by atoms with Crippen LogP contribution in [-0.4, -0.2) is 27.6 Å². The van der Waals surface area contributed by atoms with Crippen molar-refractivity contribution in [1.29, 1.82) is 0 Å². The Morgan fingerprint density at radius 1 is 1.19 bits per heavy atom. The second kappa shape index (κ2) is 7.17. The highest BCUT2D eigenvalue weighted by molar-refractivity contribution is 8.15. The number of amides is 1. The van der Waals surface area contributed by atoms with Crippen LogP contribution < -0.4 is 5.32 Å². The van der Waals surface area contributed by atoms with E-state index in [9.17, 15) is 4.79 Å². The van der Waals surface area contributed by atoms with E-state index in [4.69, 9.17) is 0 Å². The monoisotopic (exact) mass is 362 g/mol. The van der Waals surface area contributed by atoms with Crippen molar-refractivity contribution in [2.45, 2.75) is 13.5 Å². The van der Waals surface area contributed by atoms with Crippen LogP contribution >= 0.6 is 11.8 Å². The average molecular weight is 362 g/mol. The smallest absolute Gasteiger partial charge is 0.236 e. The fourth-order valence-electron chi connectivity index (χ4n) is 2.85. The molecule has 4 rings (SSSR count). The van der Waals surface area contributed by atoms with Crippen LogP contribution in [0.5, 0.6) is 0 Å². The van der Waals surface area contributed by atoms with E-state index in [-0.39, 0.29) is 5.91 Å². The summed E-state index contributed by atoms with van der Waals surface area (Å²) in [6.45, 7) is 2.95. The number of aromatic nitrogens is 1. The SMILES string of the molecule is Cc1ccc(Cn2ccc3cc(C=NN=C4NC(=O)CS4)ccc32)cc1. The predicted octanol–water partition coefficient (Wildman–Crippen LogP) is 3.55. The molecule has 1 aromatic heterocycles. The number of carbonyl (C=O) groups is 1. The number of nitrogens with zero attached hydrogens (tertiary/aromatic N) is 3. The van der Waals surface area contributed by atoms with E-state index in [1.807, 2.05) is 6.07 Å². The standard InChI is InChI=1S/C20H18N4OS/c1-14-2-4-15(5-3-14)12-24-9-8-17-10-16(6-7-18(17)24)11-21-23-20-22-19(25)13-26-20/h2-11H,12-13H2,1H3,(H,22,23,25). The van der Waals surface area contributed by atoms with Gasteiger partial charge >= 0.3 is 0 Å². The Morgan fingerprint density at radius 3 is 2.81 bits per heavy atom. The molecule has 26 heavy (non-hydrogen) atoms. The number of benzene rings is 2. The van der Waals surface area contributed by atoms with Gasteiger partial charge in [0, 0.05) is 23.6 Å². The lowest BCUT2D eigenvalue weighted by atomic mass is 10.1. The summed E-state index contributed by atoms with van der Waals surface area (Å²) in [5.41, 5.74) is 4.72. The Balaban J connectivity index is 1.51. The van der Waals surface area contributed by atoms with E-state index in [0.717, 1.165) is 17.5 Å². The summed E-state index contributed by atoms with van der Waals surface area (Å²) < 4.78 is 2.24. The third-order valence-electron chi connectivity index (χ3n) is 4.21. The van der Waals surface area contributed by atoms with Gasteiger partial charge in [-0.3, -0.25) is 4.79 Å². The lowest BCUT2D eigenvalue weighted by Crippen LogP contribution is -2.19. The van der Waals surface area contributed by atoms with Crippen LogP contribution in [0.4, 0.5) is 0 Å². The molecule has 2 heterocycles. The highest BCUT2D eigenvalue weighted by Crippen LogP contribution is 2.19. The summed E-state index contributed by atoms with van der Waals surface area (Å²) in [5.74, 6) is 0.384. The molecule has 0 saturated carbocycles. The third-order valence-corrected chi connectivity index (χ3v) is 5.07. The highest BCUT2D eigenvalue weighted by atomic mass is 32.2. The van der Waals surface area contributed by atoms with E-state index in [0.29, 0.717) is 10.9 Å². The third kappa shape index (κ3) is 3.70. The minimum Gasteiger partial charge on any atom is -0.343 e. The molecule has 1 N–H and O–H groups in total. The van der Waals surface area contributed by atoms with Crippen LogP contribution in [-0.2, 0) is 11.3 Å². The maximum absolute atomic E-state index is 11.1. The van der Waals surface area contributed by atoms with Gasteiger partial charge < -0.3 is 9.88 Å². The number of aryl methyl sites for hydroxylation is 1. The van der Waals surface area contributed by atoms with Gasteiger partial charge in [0.15, 0.2) is 5.17 Å². The zero-order chi connectivity index (χ0) is 17.9. The molecule has 0 bridgehead atoms. The van der Waals surface area contributed by atoms with E-state index in [1.165, 1.54) is 28.4 Å². The first kappa shape index (κ1) is 16.6. The van der Waals surface area contributed by atoms with Gasteiger partial charge in [-0.05, 0) is 36.2 Å². The first-order valence-corrected chi connectivity index (χ1v) is 9.34. The average Bonchev–Trinajstić information content (AvgIpc) is 3.23. The number of thioether (sulfide) groups is 1. The molecule has 0 unspecified atom stereocenters. The van der Waals surface area contributed by atoms with Crippen molar-refractivity contribution < 1.29 is 4.79 Å². The predicted molar refractivity (Wildman–Crippen MR) is 108 cm³/mol. The molecule has 0 atom stereocenters. The van der Waals surface area contributed by atoms with Crippen molar-refractivity contribution in [2.24, 2.45) is 10.2 Å². The number of hydrogen-bond donors (Lipinski definition) is 1. The van der Waals surface area contributed by atoms with E-state index in [2.05, 4.69) is 75.7 Å². The molecule has 2 aromatic carbocycles. The molecule has 5 nitrogen and oxygen atoms in total. The minimum atomic E-state index is -0.0275. The van der Waals surface area contributed by atoms with E-state index in [1.54, 1.807) is 6.21 Å². The number of nitrogens with one attached hydrogen (secondary N) is 1. The number of fused-ring (bicyclic) bond motifs is 1. The molecule has 1 fully saturated rings. The lowest BCUT2D eigenvalue weighted by molar-refractivity contribution is -0.116. The molecule has 0 radical (unpaired) electrons. The van der Waals surface area contributed by atoms with Gasteiger partial charge in [0.2, 0.25) is 5.91 Å². The lowest BCUT2D eigenvalue weighted by Gasteiger charge is -2.06. The summed E-state index contributed by atoms with van der Waals surface area (Å²) in [7, 11) is 0. The van der Waals surface area contributed by atoms with Crippen LogP contribution in [0.3, 0.4) is 0 Å². The van der Waals surface area contributed by atoms with Crippen molar-refractivity contribution in [3.63, 3.8) is 0 Å². The molecule has 0 aliphatic carbocycles. The van der Waals surface area contributed by atoms with Gasteiger partial charge in [-0.2, -0.15) is 5.10 Å².